The molecule has 2 aromatic rings. The van der Waals surface area contributed by atoms with Crippen LogP contribution in [0.25, 0.3) is 5.69 Å². The maximum Gasteiger partial charge on any atom is 0.335 e. The lowest BCUT2D eigenvalue weighted by Crippen LogP contribution is -2.00. The van der Waals surface area contributed by atoms with Crippen LogP contribution in [0.1, 0.15) is 10.4 Å². The average Bonchev–Trinajstić information content (AvgIpc) is 2.70. The lowest BCUT2D eigenvalue weighted by Gasteiger charge is -2.05. The first-order valence-electron chi connectivity index (χ1n) is 4.19. The van der Waals surface area contributed by atoms with Gasteiger partial charge in [0.05, 0.1) is 17.6 Å². The van der Waals surface area contributed by atoms with Crippen LogP contribution in [0.3, 0.4) is 0 Å². The third kappa shape index (κ3) is 2.01. The molecule has 0 aliphatic heterocycles. The fourth-order valence-electron chi connectivity index (χ4n) is 1.25. The van der Waals surface area contributed by atoms with Gasteiger partial charge < -0.3 is 9.67 Å². The third-order valence-corrected chi connectivity index (χ3v) is 2.84. The van der Waals surface area contributed by atoms with E-state index < -0.39 is 5.97 Å². The third-order valence-electron chi connectivity index (χ3n) is 1.98. The molecule has 0 amide bonds. The van der Waals surface area contributed by atoms with E-state index in [9.17, 15) is 4.79 Å². The van der Waals surface area contributed by atoms with Gasteiger partial charge >= 0.3 is 5.97 Å². The first kappa shape index (κ1) is 10.2. The average molecular weight is 314 g/mol. The van der Waals surface area contributed by atoms with Crippen LogP contribution in [-0.4, -0.2) is 20.6 Å². The van der Waals surface area contributed by atoms with Gasteiger partial charge in [-0.25, -0.2) is 9.78 Å². The van der Waals surface area contributed by atoms with Gasteiger partial charge in [0.15, 0.2) is 0 Å². The van der Waals surface area contributed by atoms with Crippen molar-refractivity contribution in [2.75, 3.05) is 0 Å². The lowest BCUT2D eigenvalue weighted by molar-refractivity contribution is 0.0697. The molecule has 5 heteroatoms. The van der Waals surface area contributed by atoms with Gasteiger partial charge in [-0.3, -0.25) is 0 Å². The standard InChI is InChI=1S/C10H7IN2O2/c11-8-5-7(10(14)15)1-2-9(8)13-4-3-12-6-13/h1-6H,(H,14,15). The maximum atomic E-state index is 10.7. The number of imidazole rings is 1. The highest BCUT2D eigenvalue weighted by Crippen LogP contribution is 2.18. The van der Waals surface area contributed by atoms with E-state index in [4.69, 9.17) is 5.11 Å². The SMILES string of the molecule is O=C(O)c1ccc(-n2ccnc2)c(I)c1. The summed E-state index contributed by atoms with van der Waals surface area (Å²) in [5.74, 6) is -0.912. The fraction of sp³-hybridized carbons (Fsp3) is 0. The highest BCUT2D eigenvalue weighted by molar-refractivity contribution is 14.1. The molecule has 0 aliphatic rings. The highest BCUT2D eigenvalue weighted by atomic mass is 127. The normalized spacial score (nSPS) is 10.2. The van der Waals surface area contributed by atoms with Crippen LogP contribution in [0.5, 0.6) is 0 Å². The van der Waals surface area contributed by atoms with Gasteiger partial charge in [0.2, 0.25) is 0 Å². The predicted molar refractivity (Wildman–Crippen MR) is 63.2 cm³/mol. The number of nitrogens with zero attached hydrogens (tertiary/aromatic N) is 2. The Morgan fingerprint density at radius 3 is 2.80 bits per heavy atom. The van der Waals surface area contributed by atoms with Crippen LogP contribution in [0.15, 0.2) is 36.9 Å². The predicted octanol–water partition coefficient (Wildman–Crippen LogP) is 2.18. The van der Waals surface area contributed by atoms with Crippen molar-refractivity contribution >= 4 is 28.6 Å². The van der Waals surface area contributed by atoms with Gasteiger partial charge in [-0.2, -0.15) is 0 Å². The van der Waals surface area contributed by atoms with Crippen molar-refractivity contribution in [1.29, 1.82) is 0 Å². The molecule has 1 heterocycles. The summed E-state index contributed by atoms with van der Waals surface area (Å²) in [5, 5.41) is 8.81. The van der Waals surface area contributed by atoms with Crippen LogP contribution >= 0.6 is 22.6 Å². The van der Waals surface area contributed by atoms with Gasteiger partial charge in [-0.15, -0.1) is 0 Å². The Hall–Kier alpha value is -1.37. The molecule has 2 rings (SSSR count). The zero-order valence-corrected chi connectivity index (χ0v) is 9.75. The lowest BCUT2D eigenvalue weighted by atomic mass is 10.2. The minimum atomic E-state index is -0.912. The van der Waals surface area contributed by atoms with E-state index in [2.05, 4.69) is 27.6 Å². The van der Waals surface area contributed by atoms with Crippen LogP contribution < -0.4 is 0 Å². The highest BCUT2D eigenvalue weighted by Gasteiger charge is 2.07. The Morgan fingerprint density at radius 2 is 2.27 bits per heavy atom. The number of hydrogen-bond donors (Lipinski definition) is 1. The number of aromatic nitrogens is 2. The number of aromatic carboxylic acids is 1. The van der Waals surface area contributed by atoms with E-state index in [1.165, 1.54) is 0 Å². The first-order valence-corrected chi connectivity index (χ1v) is 5.27. The minimum Gasteiger partial charge on any atom is -0.478 e. The molecule has 0 saturated carbocycles. The molecule has 0 radical (unpaired) electrons. The molecule has 15 heavy (non-hydrogen) atoms. The largest absolute Gasteiger partial charge is 0.478 e. The van der Waals surface area contributed by atoms with Crippen LogP contribution in [0, 0.1) is 3.57 Å². The van der Waals surface area contributed by atoms with Crippen LogP contribution in [-0.2, 0) is 0 Å². The van der Waals surface area contributed by atoms with Crippen molar-refractivity contribution in [2.45, 2.75) is 0 Å². The van der Waals surface area contributed by atoms with E-state index >= 15 is 0 Å². The minimum absolute atomic E-state index is 0.295. The summed E-state index contributed by atoms with van der Waals surface area (Å²) in [6.45, 7) is 0. The molecule has 1 aromatic heterocycles. The van der Waals surface area contributed by atoms with Gasteiger partial charge in [-0.05, 0) is 40.8 Å². The number of hydrogen-bond acceptors (Lipinski definition) is 2. The number of benzene rings is 1. The number of carboxylic acids is 1. The topological polar surface area (TPSA) is 55.1 Å². The molecular weight excluding hydrogens is 307 g/mol. The first-order chi connectivity index (χ1) is 7.18. The molecule has 0 bridgehead atoms. The fourth-order valence-corrected chi connectivity index (χ4v) is 2.04. The Kier molecular flexibility index (Phi) is 2.72. The quantitative estimate of drug-likeness (QED) is 0.865. The van der Waals surface area contributed by atoms with E-state index in [1.807, 2.05) is 10.8 Å². The maximum absolute atomic E-state index is 10.7. The van der Waals surface area contributed by atoms with E-state index in [0.29, 0.717) is 5.56 Å². The van der Waals surface area contributed by atoms with Crippen molar-refractivity contribution in [3.8, 4) is 5.69 Å². The molecule has 0 unspecified atom stereocenters. The van der Waals surface area contributed by atoms with Crippen LogP contribution in [0.4, 0.5) is 0 Å². The van der Waals surface area contributed by atoms with Crippen molar-refractivity contribution in [3.63, 3.8) is 0 Å². The molecule has 0 spiro atoms. The van der Waals surface area contributed by atoms with E-state index in [0.717, 1.165) is 9.26 Å². The number of halogens is 1. The zero-order chi connectivity index (χ0) is 10.8. The van der Waals surface area contributed by atoms with Crippen molar-refractivity contribution < 1.29 is 9.90 Å². The van der Waals surface area contributed by atoms with Crippen molar-refractivity contribution in [1.82, 2.24) is 9.55 Å². The Bertz CT molecular complexity index is 494. The van der Waals surface area contributed by atoms with Gasteiger partial charge in [-0.1, -0.05) is 0 Å². The smallest absolute Gasteiger partial charge is 0.335 e. The molecule has 0 aliphatic carbocycles. The number of carboxylic acid groups (broad SMARTS) is 1. The Morgan fingerprint density at radius 1 is 1.47 bits per heavy atom. The summed E-state index contributed by atoms with van der Waals surface area (Å²) in [6.07, 6.45) is 5.18. The van der Waals surface area contributed by atoms with E-state index in [-0.39, 0.29) is 0 Å². The summed E-state index contributed by atoms with van der Waals surface area (Å²) in [5.41, 5.74) is 1.22. The monoisotopic (exact) mass is 314 g/mol. The second kappa shape index (κ2) is 4.01. The van der Waals surface area contributed by atoms with Crippen LogP contribution in [0.2, 0.25) is 0 Å². The molecule has 76 valence electrons. The molecule has 1 aromatic carbocycles. The number of rotatable bonds is 2. The van der Waals surface area contributed by atoms with Crippen molar-refractivity contribution in [2.24, 2.45) is 0 Å². The summed E-state index contributed by atoms with van der Waals surface area (Å²) in [4.78, 5) is 14.7. The van der Waals surface area contributed by atoms with Gasteiger partial charge in [0.1, 0.15) is 0 Å². The second-order valence-corrected chi connectivity index (χ2v) is 4.10. The molecule has 4 nitrogen and oxygen atoms in total. The summed E-state index contributed by atoms with van der Waals surface area (Å²) in [7, 11) is 0. The summed E-state index contributed by atoms with van der Waals surface area (Å²) >= 11 is 2.11. The molecule has 0 atom stereocenters. The zero-order valence-electron chi connectivity index (χ0n) is 7.59. The molecule has 0 saturated heterocycles. The molecule has 1 N–H and O–H groups in total. The molecule has 0 fully saturated rings. The van der Waals surface area contributed by atoms with Gasteiger partial charge in [0, 0.05) is 16.0 Å². The molecular formula is C10H7IN2O2. The van der Waals surface area contributed by atoms with E-state index in [1.54, 1.807) is 30.7 Å². The Balaban J connectivity index is 2.48. The second-order valence-electron chi connectivity index (χ2n) is 2.94. The Labute approximate surface area is 99.7 Å². The number of carbonyl (C=O) groups is 1. The summed E-state index contributed by atoms with van der Waals surface area (Å²) in [6, 6.07) is 4.99. The van der Waals surface area contributed by atoms with Crippen molar-refractivity contribution in [3.05, 3.63) is 46.1 Å². The van der Waals surface area contributed by atoms with Gasteiger partial charge in [0.25, 0.3) is 0 Å². The summed E-state index contributed by atoms with van der Waals surface area (Å²) < 4.78 is 2.72.